The van der Waals surface area contributed by atoms with Crippen LogP contribution in [0.4, 0.5) is 9.80 Å². The second kappa shape index (κ2) is 13.2. The Labute approximate surface area is 213 Å². The summed E-state index contributed by atoms with van der Waals surface area (Å²) < 4.78 is 15.6. The quantitative estimate of drug-likeness (QED) is 0.289. The van der Waals surface area contributed by atoms with Crippen LogP contribution in [0.3, 0.4) is 0 Å². The molecule has 0 saturated carbocycles. The molecule has 1 aromatic heterocycles. The van der Waals surface area contributed by atoms with Crippen LogP contribution in [0.2, 0.25) is 0 Å². The van der Waals surface area contributed by atoms with E-state index in [1.54, 1.807) is 14.2 Å². The van der Waals surface area contributed by atoms with Crippen molar-refractivity contribution in [1.29, 1.82) is 5.26 Å². The highest BCUT2D eigenvalue weighted by atomic mass is 32.2. The maximum Gasteiger partial charge on any atom is 0.508 e. The molecule has 186 valence electrons. The second-order valence-electron chi connectivity index (χ2n) is 8.00. The molecule has 0 saturated heterocycles. The van der Waals surface area contributed by atoms with Crippen LogP contribution in [-0.2, 0) is 33.5 Å². The van der Waals surface area contributed by atoms with Crippen molar-refractivity contribution in [3.8, 4) is 11.8 Å². The monoisotopic (exact) mass is 515 g/mol. The first-order valence-electron chi connectivity index (χ1n) is 11.2. The van der Waals surface area contributed by atoms with Crippen LogP contribution in [0, 0.1) is 17.2 Å². The van der Waals surface area contributed by atoms with Crippen molar-refractivity contribution in [3.63, 3.8) is 0 Å². The Bertz CT molecular complexity index is 1120. The van der Waals surface area contributed by atoms with Gasteiger partial charge in [0.1, 0.15) is 28.5 Å². The summed E-state index contributed by atoms with van der Waals surface area (Å²) in [6.45, 7) is 0.348. The van der Waals surface area contributed by atoms with Crippen LogP contribution in [0.15, 0.2) is 29.3 Å². The summed E-state index contributed by atoms with van der Waals surface area (Å²) in [6.07, 6.45) is 4.23. The lowest BCUT2D eigenvalue weighted by atomic mass is 9.88. The van der Waals surface area contributed by atoms with Gasteiger partial charge in [-0.15, -0.1) is 23.1 Å². The van der Waals surface area contributed by atoms with Gasteiger partial charge in [-0.3, -0.25) is 9.79 Å². The first-order valence-corrected chi connectivity index (χ1v) is 13.3. The molecule has 0 spiro atoms. The van der Waals surface area contributed by atoms with Crippen molar-refractivity contribution >= 4 is 45.2 Å². The minimum atomic E-state index is -0.709. The number of amides is 1. The molecular weight excluding hydrogens is 486 g/mol. The van der Waals surface area contributed by atoms with Crippen molar-refractivity contribution in [2.75, 3.05) is 38.9 Å². The number of thioether (sulfide) groups is 1. The smallest absolute Gasteiger partial charge is 0.497 e. The fourth-order valence-electron chi connectivity index (χ4n) is 3.84. The van der Waals surface area contributed by atoms with E-state index in [4.69, 9.17) is 14.2 Å². The van der Waals surface area contributed by atoms with Gasteiger partial charge in [0.25, 0.3) is 0 Å². The minimum Gasteiger partial charge on any atom is -0.497 e. The lowest BCUT2D eigenvalue weighted by molar-refractivity contribution is -0.116. The number of thiophene rings is 1. The van der Waals surface area contributed by atoms with Gasteiger partial charge in [-0.05, 0) is 61.1 Å². The Morgan fingerprint density at radius 3 is 2.89 bits per heavy atom. The molecule has 1 atom stereocenters. The van der Waals surface area contributed by atoms with Gasteiger partial charge < -0.3 is 19.5 Å². The average Bonchev–Trinajstić information content (AvgIpc) is 3.22. The molecular formula is C25H29N3O5S2. The molecule has 35 heavy (non-hydrogen) atoms. The molecule has 0 aliphatic heterocycles. The molecule has 1 N–H and O–H groups in total. The van der Waals surface area contributed by atoms with E-state index in [1.807, 2.05) is 30.5 Å². The summed E-state index contributed by atoms with van der Waals surface area (Å²) in [7, 11) is 3.26. The number of ether oxygens (including phenoxy) is 3. The van der Waals surface area contributed by atoms with Crippen molar-refractivity contribution in [1.82, 2.24) is 0 Å². The van der Waals surface area contributed by atoms with E-state index in [1.165, 1.54) is 23.1 Å². The molecule has 1 heterocycles. The number of nitriles is 1. The highest BCUT2D eigenvalue weighted by Crippen LogP contribution is 2.39. The van der Waals surface area contributed by atoms with Gasteiger partial charge in [0.15, 0.2) is 0 Å². The van der Waals surface area contributed by atoms with Gasteiger partial charge in [-0.1, -0.05) is 12.1 Å². The van der Waals surface area contributed by atoms with Crippen molar-refractivity contribution < 1.29 is 23.8 Å². The number of nitrogens with one attached hydrogen (secondary N) is 1. The molecule has 0 bridgehead atoms. The average molecular weight is 516 g/mol. The SMILES string of the molecule is CN=C(COC(=O)OCC1CCc2c(sc(NC(=O)CCc3cccc(OC)c3)c2C#N)C1)SC. The van der Waals surface area contributed by atoms with Crippen LogP contribution >= 0.6 is 23.1 Å². The highest BCUT2D eigenvalue weighted by Gasteiger charge is 2.27. The molecule has 1 aliphatic rings. The summed E-state index contributed by atoms with van der Waals surface area (Å²) >= 11 is 2.86. The molecule has 10 heteroatoms. The summed E-state index contributed by atoms with van der Waals surface area (Å²) in [5.74, 6) is 0.759. The zero-order chi connectivity index (χ0) is 25.2. The maximum absolute atomic E-state index is 12.6. The Morgan fingerprint density at radius 2 is 2.17 bits per heavy atom. The normalized spacial score (nSPS) is 15.0. The number of rotatable bonds is 9. The van der Waals surface area contributed by atoms with E-state index in [2.05, 4.69) is 16.4 Å². The third-order valence-electron chi connectivity index (χ3n) is 5.74. The predicted octanol–water partition coefficient (Wildman–Crippen LogP) is 4.85. The molecule has 1 aromatic carbocycles. The van der Waals surface area contributed by atoms with Crippen molar-refractivity contribution in [2.45, 2.75) is 32.1 Å². The number of hydrogen-bond acceptors (Lipinski definition) is 9. The van der Waals surface area contributed by atoms with E-state index in [9.17, 15) is 14.9 Å². The maximum atomic E-state index is 12.6. The molecule has 1 unspecified atom stereocenters. The minimum absolute atomic E-state index is 0.0998. The topological polar surface area (TPSA) is 110 Å². The first kappa shape index (κ1) is 26.6. The van der Waals surface area contributed by atoms with Crippen LogP contribution < -0.4 is 10.1 Å². The van der Waals surface area contributed by atoms with Gasteiger partial charge >= 0.3 is 6.16 Å². The summed E-state index contributed by atoms with van der Waals surface area (Å²) in [5.41, 5.74) is 2.55. The summed E-state index contributed by atoms with van der Waals surface area (Å²) in [4.78, 5) is 29.5. The lowest BCUT2D eigenvalue weighted by Crippen LogP contribution is -2.21. The number of benzene rings is 1. The Balaban J connectivity index is 1.53. The molecule has 1 aliphatic carbocycles. The zero-order valence-electron chi connectivity index (χ0n) is 20.1. The molecule has 1 amide bonds. The number of carbonyl (C=O) groups is 2. The largest absolute Gasteiger partial charge is 0.508 e. The predicted molar refractivity (Wildman–Crippen MR) is 139 cm³/mol. The number of hydrogen-bond donors (Lipinski definition) is 1. The van der Waals surface area contributed by atoms with Gasteiger partial charge in [0.05, 0.1) is 19.3 Å². The van der Waals surface area contributed by atoms with E-state index < -0.39 is 6.16 Å². The van der Waals surface area contributed by atoms with Crippen molar-refractivity contribution in [2.24, 2.45) is 10.9 Å². The third-order valence-corrected chi connectivity index (χ3v) is 7.68. The van der Waals surface area contributed by atoms with Crippen LogP contribution in [0.25, 0.3) is 0 Å². The number of anilines is 1. The summed E-state index contributed by atoms with van der Waals surface area (Å²) in [6, 6.07) is 9.89. The highest BCUT2D eigenvalue weighted by molar-refractivity contribution is 8.13. The molecule has 0 radical (unpaired) electrons. The van der Waals surface area contributed by atoms with Crippen LogP contribution in [0.1, 0.15) is 34.4 Å². The lowest BCUT2D eigenvalue weighted by Gasteiger charge is -2.21. The van der Waals surface area contributed by atoms with Gasteiger partial charge in [0.2, 0.25) is 5.91 Å². The molecule has 3 rings (SSSR count). The Morgan fingerprint density at radius 1 is 1.34 bits per heavy atom. The number of aryl methyl sites for hydroxylation is 1. The van der Waals surface area contributed by atoms with Crippen LogP contribution in [-0.4, -0.2) is 50.7 Å². The van der Waals surface area contributed by atoms with E-state index >= 15 is 0 Å². The van der Waals surface area contributed by atoms with E-state index in [-0.39, 0.29) is 25.0 Å². The van der Waals surface area contributed by atoms with E-state index in [0.29, 0.717) is 41.3 Å². The Kier molecular flexibility index (Phi) is 9.99. The van der Waals surface area contributed by atoms with Crippen molar-refractivity contribution in [3.05, 3.63) is 45.8 Å². The first-order chi connectivity index (χ1) is 17.0. The van der Waals surface area contributed by atoms with Gasteiger partial charge in [-0.25, -0.2) is 4.79 Å². The van der Waals surface area contributed by atoms with E-state index in [0.717, 1.165) is 28.2 Å². The molecule has 2 aromatic rings. The number of carbonyl (C=O) groups excluding carboxylic acids is 2. The zero-order valence-corrected chi connectivity index (χ0v) is 21.7. The Hall–Kier alpha value is -3.03. The standard InChI is InChI=1S/C25H29N3O5S2/c1-27-23(34-3)15-33-25(30)32-14-17-7-9-19-20(13-26)24(35-21(19)12-17)28-22(29)10-8-16-5-4-6-18(11-16)31-2/h4-6,11,17H,7-10,12,14-15H2,1-3H3,(H,28,29). The van der Waals surface area contributed by atoms with Gasteiger partial charge in [-0.2, -0.15) is 5.26 Å². The van der Waals surface area contributed by atoms with Crippen LogP contribution in [0.5, 0.6) is 5.75 Å². The number of aliphatic imine (C=N–C) groups is 1. The number of methoxy groups -OCH3 is 1. The second-order valence-corrected chi connectivity index (χ2v) is 9.98. The fraction of sp³-hybridized carbons (Fsp3) is 0.440. The molecule has 8 nitrogen and oxygen atoms in total. The number of fused-ring (bicyclic) bond motifs is 1. The number of nitrogens with zero attached hydrogens (tertiary/aromatic N) is 2. The summed E-state index contributed by atoms with van der Waals surface area (Å²) in [5, 5.41) is 14.0. The fourth-order valence-corrected chi connectivity index (χ4v) is 5.53. The molecule has 0 fully saturated rings. The van der Waals surface area contributed by atoms with Gasteiger partial charge in [0, 0.05) is 18.3 Å². The third kappa shape index (κ3) is 7.47.